The van der Waals surface area contributed by atoms with Crippen molar-refractivity contribution in [3.05, 3.63) is 76.6 Å². The summed E-state index contributed by atoms with van der Waals surface area (Å²) in [7, 11) is 7.34. The van der Waals surface area contributed by atoms with Crippen molar-refractivity contribution in [2.75, 3.05) is 43.3 Å². The molecule has 0 spiro atoms. The maximum Gasteiger partial charge on any atom is 0.308 e. The first-order valence-electron chi connectivity index (χ1n) is 10.6. The summed E-state index contributed by atoms with van der Waals surface area (Å²) < 4.78 is 0. The second-order valence-corrected chi connectivity index (χ2v) is 8.32. The minimum Gasteiger partial charge on any atom is -0.481 e. The summed E-state index contributed by atoms with van der Waals surface area (Å²) >= 11 is 0. The number of carboxylic acids is 1. The Morgan fingerprint density at radius 3 is 1.91 bits per heavy atom. The summed E-state index contributed by atoms with van der Waals surface area (Å²) in [6.45, 7) is 1.98. The third kappa shape index (κ3) is 6.06. The van der Waals surface area contributed by atoms with Crippen molar-refractivity contribution in [1.29, 1.82) is 0 Å². The van der Waals surface area contributed by atoms with Gasteiger partial charge < -0.3 is 20.2 Å². The van der Waals surface area contributed by atoms with E-state index >= 15 is 0 Å². The number of carbonyl (C=O) groups is 2. The van der Waals surface area contributed by atoms with E-state index in [1.165, 1.54) is 0 Å². The molecule has 0 unspecified atom stereocenters. The van der Waals surface area contributed by atoms with Crippen molar-refractivity contribution in [2.45, 2.75) is 19.8 Å². The predicted molar refractivity (Wildman–Crippen MR) is 130 cm³/mol. The smallest absolute Gasteiger partial charge is 0.308 e. The topological polar surface area (TPSA) is 98.7 Å². The number of anilines is 3. The standard InChI is InChI=1S/C25H29N5O3/c1-16-6-10-18(11-7-16)25(33)26-19-12-8-17(9-13-19)14-21-27-23(29(2)3)20(15-22(31)32)24(28-21)30(4)5/h6-13H,14-15H2,1-5H3,(H,26,33)(H,31,32)/i2+1,3+1,4+1,5+1,22+1,25+1. The van der Waals surface area contributed by atoms with Gasteiger partial charge in [-0.1, -0.05) is 29.8 Å². The fourth-order valence-corrected chi connectivity index (χ4v) is 3.43. The molecule has 0 fully saturated rings. The molecule has 1 aromatic heterocycles. The lowest BCUT2D eigenvalue weighted by atomic mass is 10.1. The first kappa shape index (κ1) is 23.7. The van der Waals surface area contributed by atoms with E-state index in [0.717, 1.165) is 11.1 Å². The van der Waals surface area contributed by atoms with Gasteiger partial charge in [-0.25, -0.2) is 9.97 Å². The summed E-state index contributed by atoms with van der Waals surface area (Å²) in [5, 5.41) is 12.2. The Hall–Kier alpha value is -3.94. The van der Waals surface area contributed by atoms with Crippen LogP contribution in [-0.2, 0) is 17.6 Å². The molecule has 0 radical (unpaired) electrons. The second kappa shape index (κ2) is 10.1. The van der Waals surface area contributed by atoms with E-state index in [9.17, 15) is 14.7 Å². The van der Waals surface area contributed by atoms with E-state index in [2.05, 4.69) is 15.3 Å². The Bertz CT molecular complexity index is 1110. The molecule has 3 rings (SSSR count). The summed E-state index contributed by atoms with van der Waals surface area (Å²) in [4.78, 5) is 36.7. The van der Waals surface area contributed by atoms with Crippen LogP contribution in [0.5, 0.6) is 0 Å². The van der Waals surface area contributed by atoms with Gasteiger partial charge in [0.2, 0.25) is 0 Å². The van der Waals surface area contributed by atoms with Crippen molar-refractivity contribution in [3.63, 3.8) is 0 Å². The summed E-state index contributed by atoms with van der Waals surface area (Å²) in [5.74, 6) is 0.682. The number of carboxylic acid groups (broad SMARTS) is 1. The molecule has 2 N–H and O–H groups in total. The molecule has 0 bridgehead atoms. The highest BCUT2D eigenvalue weighted by atomic mass is 16.5. The number of rotatable bonds is 8. The average Bonchev–Trinajstić information content (AvgIpc) is 2.75. The molecule has 3 aromatic rings. The van der Waals surface area contributed by atoms with E-state index in [4.69, 9.17) is 0 Å². The van der Waals surface area contributed by atoms with Crippen LogP contribution >= 0.6 is 0 Å². The number of nitrogens with one attached hydrogen (secondary N) is 1. The van der Waals surface area contributed by atoms with Gasteiger partial charge >= 0.3 is 5.97 Å². The molecule has 0 saturated carbocycles. The lowest BCUT2D eigenvalue weighted by Crippen LogP contribution is -2.22. The number of carbonyl (C=O) groups excluding carboxylic acids is 1. The third-order valence-corrected chi connectivity index (χ3v) is 5.07. The molecule has 33 heavy (non-hydrogen) atoms. The zero-order valence-electron chi connectivity index (χ0n) is 19.6. The quantitative estimate of drug-likeness (QED) is 0.505. The molecular weight excluding hydrogens is 424 g/mol. The zero-order chi connectivity index (χ0) is 24.1. The summed E-state index contributed by atoms with van der Waals surface area (Å²) in [6.07, 6.45) is 0.317. The molecule has 8 heteroatoms. The van der Waals surface area contributed by atoms with Crippen molar-refractivity contribution in [3.8, 4) is 0 Å². The number of aryl methyl sites for hydroxylation is 1. The van der Waals surface area contributed by atoms with Crippen molar-refractivity contribution < 1.29 is 14.7 Å². The van der Waals surface area contributed by atoms with Crippen LogP contribution < -0.4 is 15.1 Å². The molecule has 0 aliphatic rings. The highest BCUT2D eigenvalue weighted by Gasteiger charge is 2.20. The number of amides is 1. The summed E-state index contributed by atoms with van der Waals surface area (Å²) in [5.41, 5.74) is 3.96. The van der Waals surface area contributed by atoms with Crippen molar-refractivity contribution in [1.82, 2.24) is 9.97 Å². The van der Waals surface area contributed by atoms with E-state index in [1.54, 1.807) is 21.9 Å². The summed E-state index contributed by atoms with van der Waals surface area (Å²) in [6, 6.07) is 14.9. The number of hydrogen-bond donors (Lipinski definition) is 2. The van der Waals surface area contributed by atoms with E-state index in [0.29, 0.717) is 40.7 Å². The largest absolute Gasteiger partial charge is 0.481 e. The Labute approximate surface area is 193 Å². The highest BCUT2D eigenvalue weighted by Crippen LogP contribution is 2.27. The van der Waals surface area contributed by atoms with Crippen LogP contribution in [0, 0.1) is 6.92 Å². The molecule has 0 aliphatic carbocycles. The highest BCUT2D eigenvalue weighted by molar-refractivity contribution is 6.04. The van der Waals surface area contributed by atoms with Crippen LogP contribution in [-0.4, -0.2) is 55.1 Å². The van der Waals surface area contributed by atoms with Crippen molar-refractivity contribution in [2.24, 2.45) is 0 Å². The fourth-order valence-electron chi connectivity index (χ4n) is 3.43. The Balaban J connectivity index is 1.80. The predicted octanol–water partition coefficient (Wildman–Crippen LogP) is 3.39. The molecular formula is C25H29N5O3. The molecule has 172 valence electrons. The number of benzene rings is 2. The normalized spacial score (nSPS) is 10.6. The number of aromatic nitrogens is 2. The van der Waals surface area contributed by atoms with Crippen LogP contribution in [0.15, 0.2) is 48.5 Å². The maximum absolute atomic E-state index is 12.4. The Morgan fingerprint density at radius 2 is 1.42 bits per heavy atom. The van der Waals surface area contributed by atoms with Gasteiger partial charge in [0.05, 0.1) is 6.42 Å². The molecule has 8 nitrogen and oxygen atoms in total. The lowest BCUT2D eigenvalue weighted by molar-refractivity contribution is -0.136. The second-order valence-electron chi connectivity index (χ2n) is 8.32. The van der Waals surface area contributed by atoms with Crippen molar-refractivity contribution >= 4 is 29.2 Å². The monoisotopic (exact) mass is 453 g/mol. The molecule has 2 aromatic carbocycles. The molecule has 1 amide bonds. The van der Waals surface area contributed by atoms with Gasteiger partial charge in [0.25, 0.3) is 5.91 Å². The lowest BCUT2D eigenvalue weighted by Gasteiger charge is -2.22. The van der Waals surface area contributed by atoms with Gasteiger partial charge in [-0.05, 0) is 36.8 Å². The van der Waals surface area contributed by atoms with Crippen LogP contribution in [0.1, 0.15) is 32.9 Å². The van der Waals surface area contributed by atoms with Gasteiger partial charge in [-0.2, -0.15) is 0 Å². The fraction of sp³-hybridized carbons (Fsp3) is 0.280. The minimum atomic E-state index is -0.930. The number of nitrogens with zero attached hydrogens (tertiary/aromatic N) is 4. The van der Waals surface area contributed by atoms with Gasteiger partial charge in [0.15, 0.2) is 0 Å². The van der Waals surface area contributed by atoms with E-state index in [-0.39, 0.29) is 12.3 Å². The molecule has 0 saturated heterocycles. The van der Waals surface area contributed by atoms with E-state index in [1.807, 2.05) is 71.5 Å². The van der Waals surface area contributed by atoms with Crippen LogP contribution in [0.25, 0.3) is 0 Å². The average molecular weight is 453 g/mol. The van der Waals surface area contributed by atoms with Gasteiger partial charge in [0, 0.05) is 51.4 Å². The zero-order valence-corrected chi connectivity index (χ0v) is 19.6. The van der Waals surface area contributed by atoms with Gasteiger partial charge in [-0.15, -0.1) is 0 Å². The maximum atomic E-state index is 12.4. The van der Waals surface area contributed by atoms with Crippen LogP contribution in [0.2, 0.25) is 0 Å². The first-order chi connectivity index (χ1) is 15.6. The van der Waals surface area contributed by atoms with Gasteiger partial charge in [-0.3, -0.25) is 9.59 Å². The molecule has 1 heterocycles. The SMILES string of the molecule is Cc1ccc([13C](=O)Nc2ccc(Cc3nc(N([13CH3])[13CH3])c(C[13C](=O)O)c(N([13CH3])[13CH3])n3)cc2)cc1. The molecule has 0 atom stereocenters. The Morgan fingerprint density at radius 1 is 0.879 bits per heavy atom. The number of aliphatic carboxylic acids is 1. The van der Waals surface area contributed by atoms with Crippen LogP contribution in [0.3, 0.4) is 0 Å². The minimum absolute atomic E-state index is 0.156. The Kier molecular flexibility index (Phi) is 7.27. The third-order valence-electron chi connectivity index (χ3n) is 5.07. The van der Waals surface area contributed by atoms with E-state index < -0.39 is 5.97 Å². The number of hydrogen-bond acceptors (Lipinski definition) is 6. The van der Waals surface area contributed by atoms with Gasteiger partial charge in [0.1, 0.15) is 17.5 Å². The first-order valence-corrected chi connectivity index (χ1v) is 10.6. The molecule has 0 aliphatic heterocycles. The van der Waals surface area contributed by atoms with Crippen LogP contribution in [0.4, 0.5) is 17.3 Å².